The summed E-state index contributed by atoms with van der Waals surface area (Å²) in [5.74, 6) is -1.22. The molecule has 2 aromatic heterocycles. The molecule has 194 valence electrons. The number of nitrogens with one attached hydrogen (secondary N) is 1. The Hall–Kier alpha value is -2.88. The molecule has 3 rings (SSSR count). The van der Waals surface area contributed by atoms with Gasteiger partial charge in [0, 0.05) is 31.5 Å². The molecule has 1 fully saturated rings. The summed E-state index contributed by atoms with van der Waals surface area (Å²) in [6.45, 7) is -2.37. The first-order valence-corrected chi connectivity index (χ1v) is 10.8. The topological polar surface area (TPSA) is 90.0 Å². The number of rotatable bonds is 6. The summed E-state index contributed by atoms with van der Waals surface area (Å²) >= 11 is 0.677. The molecule has 0 aromatic carbocycles. The lowest BCUT2D eigenvalue weighted by atomic mass is 10.1. The van der Waals surface area contributed by atoms with Crippen LogP contribution >= 0.6 is 11.3 Å². The summed E-state index contributed by atoms with van der Waals surface area (Å²) in [7, 11) is 1.30. The van der Waals surface area contributed by atoms with Crippen LogP contribution in [0.1, 0.15) is 22.3 Å². The van der Waals surface area contributed by atoms with Gasteiger partial charge in [0.05, 0.1) is 34.5 Å². The molecule has 0 spiro atoms. The number of carbonyl (C=O) groups is 2. The Morgan fingerprint density at radius 2 is 1.94 bits per heavy atom. The zero-order valence-electron chi connectivity index (χ0n) is 17.8. The maximum atomic E-state index is 14.7. The first-order valence-electron chi connectivity index (χ1n) is 9.94. The second-order valence-electron chi connectivity index (χ2n) is 7.23. The molecule has 0 aliphatic carbocycles. The number of hydrogen-bond acceptors (Lipinski definition) is 7. The van der Waals surface area contributed by atoms with E-state index in [-0.39, 0.29) is 28.7 Å². The van der Waals surface area contributed by atoms with Crippen LogP contribution in [-0.4, -0.2) is 73.9 Å². The summed E-state index contributed by atoms with van der Waals surface area (Å²) in [5, 5.41) is 3.52. The maximum Gasteiger partial charge on any atom is 0.522 e. The van der Waals surface area contributed by atoms with Gasteiger partial charge in [0.15, 0.2) is 6.17 Å². The van der Waals surface area contributed by atoms with Crippen LogP contribution < -0.4 is 10.1 Å². The molecule has 35 heavy (non-hydrogen) atoms. The van der Waals surface area contributed by atoms with E-state index in [1.165, 1.54) is 12.4 Å². The van der Waals surface area contributed by atoms with Crippen LogP contribution in [0.5, 0.6) is 5.88 Å². The number of amides is 2. The molecule has 3 heterocycles. The zero-order valence-corrected chi connectivity index (χ0v) is 18.7. The van der Waals surface area contributed by atoms with Gasteiger partial charge in [-0.25, -0.2) is 14.2 Å². The Kier molecular flexibility index (Phi) is 7.93. The lowest BCUT2D eigenvalue weighted by molar-refractivity contribution is -0.326. The molecular weight excluding hydrogens is 515 g/mol. The molecule has 2 aromatic rings. The number of fused-ring (bicyclic) bond motifs is 1. The largest absolute Gasteiger partial charge is 0.522 e. The predicted molar refractivity (Wildman–Crippen MR) is 107 cm³/mol. The number of hydrogen-bond donors (Lipinski definition) is 1. The number of nitrogens with zero attached hydrogens (tertiary/aromatic N) is 2. The van der Waals surface area contributed by atoms with E-state index in [0.29, 0.717) is 17.4 Å². The van der Waals surface area contributed by atoms with Crippen molar-refractivity contribution in [3.63, 3.8) is 0 Å². The molecule has 0 saturated carbocycles. The van der Waals surface area contributed by atoms with Crippen LogP contribution in [0.3, 0.4) is 0 Å². The monoisotopic (exact) mass is 533 g/mol. The van der Waals surface area contributed by atoms with Gasteiger partial charge in [-0.05, 0) is 0 Å². The van der Waals surface area contributed by atoms with Crippen molar-refractivity contribution in [2.75, 3.05) is 33.4 Å². The number of aromatic nitrogens is 1. The van der Waals surface area contributed by atoms with Gasteiger partial charge in [-0.3, -0.25) is 9.53 Å². The third kappa shape index (κ3) is 6.62. The number of piperidine rings is 1. The maximum absolute atomic E-state index is 14.7. The molecule has 2 atom stereocenters. The summed E-state index contributed by atoms with van der Waals surface area (Å²) in [5.41, 5.74) is -1.46. The highest BCUT2D eigenvalue weighted by atomic mass is 32.1. The fourth-order valence-corrected chi connectivity index (χ4v) is 4.29. The van der Waals surface area contributed by atoms with E-state index in [1.807, 2.05) is 0 Å². The van der Waals surface area contributed by atoms with Crippen molar-refractivity contribution < 1.29 is 54.5 Å². The molecule has 0 unspecified atom stereocenters. The molecule has 2 amide bonds. The standard InChI is InChI=1S/C19H18F7N3O5S/c1-27-16(30)9-8-35-15-10(18(21,22)23)6-13(28-14(9)15)34-12-2-3-29(7-11(12)20)17(31)32-4-5-33-19(24,25)26/h6,8,11-12H,2-5,7H2,1H3,(H,27,30)/t11-,12-/m1/s1. The number of ether oxygens (including phenoxy) is 3. The molecule has 1 saturated heterocycles. The summed E-state index contributed by atoms with van der Waals surface area (Å²) in [4.78, 5) is 28.8. The number of alkyl halides is 7. The zero-order chi connectivity index (χ0) is 26.0. The number of carbonyl (C=O) groups excluding carboxylic acids is 2. The van der Waals surface area contributed by atoms with E-state index in [0.717, 1.165) is 4.90 Å². The Morgan fingerprint density at radius 1 is 1.23 bits per heavy atom. The van der Waals surface area contributed by atoms with Gasteiger partial charge >= 0.3 is 18.6 Å². The van der Waals surface area contributed by atoms with E-state index in [4.69, 9.17) is 4.74 Å². The van der Waals surface area contributed by atoms with Crippen LogP contribution in [0.4, 0.5) is 35.5 Å². The molecule has 8 nitrogen and oxygen atoms in total. The third-order valence-corrected chi connectivity index (χ3v) is 5.87. The second kappa shape index (κ2) is 10.4. The van der Waals surface area contributed by atoms with Crippen molar-refractivity contribution in [1.82, 2.24) is 15.2 Å². The molecule has 16 heteroatoms. The highest BCUT2D eigenvalue weighted by Crippen LogP contribution is 2.40. The van der Waals surface area contributed by atoms with Gasteiger partial charge in [0.2, 0.25) is 5.88 Å². The number of pyridine rings is 1. The van der Waals surface area contributed by atoms with E-state index < -0.39 is 68.0 Å². The van der Waals surface area contributed by atoms with Crippen molar-refractivity contribution in [3.05, 3.63) is 22.6 Å². The minimum Gasteiger partial charge on any atom is -0.471 e. The van der Waals surface area contributed by atoms with Gasteiger partial charge in [0.25, 0.3) is 5.91 Å². The van der Waals surface area contributed by atoms with E-state index in [9.17, 15) is 40.3 Å². The van der Waals surface area contributed by atoms with Crippen molar-refractivity contribution >= 4 is 33.6 Å². The number of thiophene rings is 1. The molecule has 0 radical (unpaired) electrons. The predicted octanol–water partition coefficient (Wildman–Crippen LogP) is 4.14. The Bertz CT molecular complexity index is 1080. The highest BCUT2D eigenvalue weighted by molar-refractivity contribution is 7.17. The SMILES string of the molecule is CNC(=O)c1csc2c(C(F)(F)F)cc(O[C@@H]3CCN(C(=O)OCCOC(F)(F)F)C[C@H]3F)nc12. The van der Waals surface area contributed by atoms with Crippen LogP contribution in [0.25, 0.3) is 10.2 Å². The van der Waals surface area contributed by atoms with Gasteiger partial charge in [0.1, 0.15) is 12.7 Å². The molecule has 1 aliphatic rings. The van der Waals surface area contributed by atoms with Crippen molar-refractivity contribution in [1.29, 1.82) is 0 Å². The third-order valence-electron chi connectivity index (χ3n) is 4.86. The van der Waals surface area contributed by atoms with Crippen molar-refractivity contribution in [2.45, 2.75) is 31.2 Å². The fraction of sp³-hybridized carbons (Fsp3) is 0.526. The highest BCUT2D eigenvalue weighted by Gasteiger charge is 2.38. The summed E-state index contributed by atoms with van der Waals surface area (Å²) in [6, 6.07) is 0.612. The normalized spacial score (nSPS) is 19.0. The Balaban J connectivity index is 1.69. The Labute approximate surface area is 196 Å². The van der Waals surface area contributed by atoms with Gasteiger partial charge < -0.3 is 19.7 Å². The molecule has 1 N–H and O–H groups in total. The van der Waals surface area contributed by atoms with Gasteiger partial charge in [-0.2, -0.15) is 13.2 Å². The fourth-order valence-electron chi connectivity index (χ4n) is 3.27. The van der Waals surface area contributed by atoms with Crippen LogP contribution in [0.15, 0.2) is 11.4 Å². The van der Waals surface area contributed by atoms with E-state index >= 15 is 0 Å². The number of halogens is 7. The smallest absolute Gasteiger partial charge is 0.471 e. The minimum atomic E-state index is -4.89. The van der Waals surface area contributed by atoms with Crippen LogP contribution in [-0.2, 0) is 15.7 Å². The quantitative estimate of drug-likeness (QED) is 0.444. The minimum absolute atomic E-state index is 0.104. The lowest BCUT2D eigenvalue weighted by Gasteiger charge is -2.33. The van der Waals surface area contributed by atoms with Crippen LogP contribution in [0.2, 0.25) is 0 Å². The van der Waals surface area contributed by atoms with Crippen molar-refractivity contribution in [2.24, 2.45) is 0 Å². The molecular formula is C19H18F7N3O5S. The number of likely N-dealkylation sites (tertiary alicyclic amines) is 1. The molecule has 0 bridgehead atoms. The summed E-state index contributed by atoms with van der Waals surface area (Å²) < 4.78 is 104. The van der Waals surface area contributed by atoms with E-state index in [2.05, 4.69) is 19.8 Å². The first kappa shape index (κ1) is 26.7. The van der Waals surface area contributed by atoms with Gasteiger partial charge in [-0.1, -0.05) is 0 Å². The van der Waals surface area contributed by atoms with E-state index in [1.54, 1.807) is 0 Å². The summed E-state index contributed by atoms with van der Waals surface area (Å²) in [6.07, 6.45) is -14.1. The molecule has 1 aliphatic heterocycles. The first-order chi connectivity index (χ1) is 16.3. The van der Waals surface area contributed by atoms with Gasteiger partial charge in [-0.15, -0.1) is 24.5 Å². The average molecular weight is 533 g/mol. The second-order valence-corrected chi connectivity index (χ2v) is 8.11. The average Bonchev–Trinajstić information content (AvgIpc) is 3.19. The van der Waals surface area contributed by atoms with Crippen LogP contribution in [0, 0.1) is 0 Å². The Morgan fingerprint density at radius 3 is 2.54 bits per heavy atom. The van der Waals surface area contributed by atoms with Crippen molar-refractivity contribution in [3.8, 4) is 5.88 Å². The lowest BCUT2D eigenvalue weighted by Crippen LogP contribution is -2.49.